The average molecular weight is 388 g/mol. The van der Waals surface area contributed by atoms with Gasteiger partial charge in [0.1, 0.15) is 5.75 Å². The van der Waals surface area contributed by atoms with Crippen LogP contribution in [-0.4, -0.2) is 38.8 Å². The number of hydrogen-bond donors (Lipinski definition) is 1. The average Bonchev–Trinajstić information content (AvgIpc) is 2.79. The first-order valence-corrected chi connectivity index (χ1v) is 9.79. The van der Waals surface area contributed by atoms with E-state index < -0.39 is 0 Å². The minimum absolute atomic E-state index is 0.0353. The van der Waals surface area contributed by atoms with Crippen LogP contribution in [0.25, 0.3) is 11.1 Å². The van der Waals surface area contributed by atoms with Gasteiger partial charge in [-0.2, -0.15) is 0 Å². The maximum atomic E-state index is 12.3. The van der Waals surface area contributed by atoms with E-state index in [-0.39, 0.29) is 12.5 Å². The molecular weight excluding hydrogens is 364 g/mol. The standard InChI is InChI=1S/C24H24N2O3/c27-24(25-21-7-4-8-22(17-21)26-13-15-28-16-14-26)18-29-23-11-9-20(10-12-23)19-5-2-1-3-6-19/h1-12,17H,13-16,18H2,(H,25,27). The van der Waals surface area contributed by atoms with Gasteiger partial charge in [-0.1, -0.05) is 48.5 Å². The van der Waals surface area contributed by atoms with Crippen LogP contribution in [0.5, 0.6) is 5.75 Å². The lowest BCUT2D eigenvalue weighted by atomic mass is 10.1. The smallest absolute Gasteiger partial charge is 0.262 e. The first-order valence-electron chi connectivity index (χ1n) is 9.79. The van der Waals surface area contributed by atoms with Gasteiger partial charge in [0, 0.05) is 24.5 Å². The molecule has 0 radical (unpaired) electrons. The first kappa shape index (κ1) is 19.0. The maximum Gasteiger partial charge on any atom is 0.262 e. The molecule has 4 rings (SSSR count). The Morgan fingerprint density at radius 2 is 1.62 bits per heavy atom. The van der Waals surface area contributed by atoms with Crippen molar-refractivity contribution < 1.29 is 14.3 Å². The minimum Gasteiger partial charge on any atom is -0.484 e. The van der Waals surface area contributed by atoms with Gasteiger partial charge >= 0.3 is 0 Å². The Bertz CT molecular complexity index is 936. The number of carbonyl (C=O) groups excluding carboxylic acids is 1. The van der Waals surface area contributed by atoms with E-state index in [0.717, 1.165) is 48.8 Å². The van der Waals surface area contributed by atoms with Gasteiger partial charge in [-0.25, -0.2) is 0 Å². The molecule has 1 saturated heterocycles. The Kier molecular flexibility index (Phi) is 6.07. The van der Waals surface area contributed by atoms with Crippen LogP contribution in [0.3, 0.4) is 0 Å². The Morgan fingerprint density at radius 1 is 0.897 bits per heavy atom. The van der Waals surface area contributed by atoms with E-state index in [9.17, 15) is 4.79 Å². The lowest BCUT2D eigenvalue weighted by Gasteiger charge is -2.29. The van der Waals surface area contributed by atoms with Crippen LogP contribution in [0.15, 0.2) is 78.9 Å². The summed E-state index contributed by atoms with van der Waals surface area (Å²) in [6, 6.07) is 25.8. The van der Waals surface area contributed by atoms with E-state index in [0.29, 0.717) is 5.75 Å². The number of anilines is 2. The molecule has 148 valence electrons. The van der Waals surface area contributed by atoms with Gasteiger partial charge in [0.15, 0.2) is 6.61 Å². The Balaban J connectivity index is 1.31. The van der Waals surface area contributed by atoms with E-state index in [1.54, 1.807) is 0 Å². The second-order valence-electron chi connectivity index (χ2n) is 6.88. The fourth-order valence-corrected chi connectivity index (χ4v) is 3.32. The largest absolute Gasteiger partial charge is 0.484 e. The van der Waals surface area contributed by atoms with Gasteiger partial charge in [-0.3, -0.25) is 4.79 Å². The maximum absolute atomic E-state index is 12.3. The molecule has 0 aromatic heterocycles. The molecule has 0 spiro atoms. The van der Waals surface area contributed by atoms with Crippen LogP contribution in [0.1, 0.15) is 0 Å². The molecule has 3 aromatic rings. The van der Waals surface area contributed by atoms with Gasteiger partial charge in [0.05, 0.1) is 13.2 Å². The van der Waals surface area contributed by atoms with Crippen LogP contribution in [0.2, 0.25) is 0 Å². The highest BCUT2D eigenvalue weighted by Crippen LogP contribution is 2.23. The van der Waals surface area contributed by atoms with Crippen molar-refractivity contribution in [1.29, 1.82) is 0 Å². The van der Waals surface area contributed by atoms with Crippen LogP contribution in [0.4, 0.5) is 11.4 Å². The van der Waals surface area contributed by atoms with Gasteiger partial charge < -0.3 is 19.7 Å². The Morgan fingerprint density at radius 3 is 2.38 bits per heavy atom. The fourth-order valence-electron chi connectivity index (χ4n) is 3.32. The molecule has 0 aliphatic carbocycles. The number of rotatable bonds is 6. The second-order valence-corrected chi connectivity index (χ2v) is 6.88. The summed E-state index contributed by atoms with van der Waals surface area (Å²) in [5.41, 5.74) is 4.12. The zero-order chi connectivity index (χ0) is 19.9. The van der Waals surface area contributed by atoms with Crippen LogP contribution < -0.4 is 15.0 Å². The zero-order valence-corrected chi connectivity index (χ0v) is 16.2. The fraction of sp³-hybridized carbons (Fsp3) is 0.208. The number of hydrogen-bond acceptors (Lipinski definition) is 4. The molecule has 0 saturated carbocycles. The predicted octanol–water partition coefficient (Wildman–Crippen LogP) is 4.21. The number of carbonyl (C=O) groups is 1. The molecule has 0 bridgehead atoms. The molecule has 29 heavy (non-hydrogen) atoms. The molecular formula is C24H24N2O3. The number of morpholine rings is 1. The third-order valence-electron chi connectivity index (χ3n) is 4.84. The molecule has 0 unspecified atom stereocenters. The number of nitrogens with zero attached hydrogens (tertiary/aromatic N) is 1. The van der Waals surface area contributed by atoms with E-state index >= 15 is 0 Å². The van der Waals surface area contributed by atoms with Crippen molar-refractivity contribution in [2.75, 3.05) is 43.1 Å². The van der Waals surface area contributed by atoms with Crippen molar-refractivity contribution in [1.82, 2.24) is 0 Å². The van der Waals surface area contributed by atoms with Crippen LogP contribution >= 0.6 is 0 Å². The molecule has 1 aliphatic heterocycles. The molecule has 5 heteroatoms. The Hall–Kier alpha value is -3.31. The Labute approximate surface area is 170 Å². The summed E-state index contributed by atoms with van der Waals surface area (Å²) in [4.78, 5) is 14.5. The van der Waals surface area contributed by atoms with Crippen molar-refractivity contribution in [2.24, 2.45) is 0 Å². The van der Waals surface area contributed by atoms with Crippen LogP contribution in [0, 0.1) is 0 Å². The molecule has 1 fully saturated rings. The van der Waals surface area contributed by atoms with Crippen LogP contribution in [-0.2, 0) is 9.53 Å². The molecule has 1 amide bonds. The highest BCUT2D eigenvalue weighted by molar-refractivity contribution is 5.92. The summed E-state index contributed by atoms with van der Waals surface area (Å²) in [5.74, 6) is 0.484. The highest BCUT2D eigenvalue weighted by Gasteiger charge is 2.12. The normalized spacial score (nSPS) is 13.7. The summed E-state index contributed by atoms with van der Waals surface area (Å²) in [7, 11) is 0. The third-order valence-corrected chi connectivity index (χ3v) is 4.84. The summed E-state index contributed by atoms with van der Waals surface area (Å²) in [5, 5.41) is 2.91. The monoisotopic (exact) mass is 388 g/mol. The van der Waals surface area contributed by atoms with Gasteiger partial charge in [0.25, 0.3) is 5.91 Å². The number of benzene rings is 3. The number of nitrogens with one attached hydrogen (secondary N) is 1. The van der Waals surface area contributed by atoms with Crippen molar-refractivity contribution in [2.45, 2.75) is 0 Å². The summed E-state index contributed by atoms with van der Waals surface area (Å²) >= 11 is 0. The molecule has 1 aliphatic rings. The van der Waals surface area contributed by atoms with E-state index in [1.807, 2.05) is 66.7 Å². The molecule has 3 aromatic carbocycles. The quantitative estimate of drug-likeness (QED) is 0.687. The number of ether oxygens (including phenoxy) is 2. The van der Waals surface area contributed by atoms with Crippen molar-refractivity contribution >= 4 is 17.3 Å². The van der Waals surface area contributed by atoms with E-state index in [4.69, 9.17) is 9.47 Å². The molecule has 0 atom stereocenters. The summed E-state index contributed by atoms with van der Waals surface area (Å²) in [6.07, 6.45) is 0. The van der Waals surface area contributed by atoms with Crippen molar-refractivity contribution in [3.63, 3.8) is 0 Å². The number of amides is 1. The lowest BCUT2D eigenvalue weighted by molar-refractivity contribution is -0.118. The third kappa shape index (κ3) is 5.15. The molecule has 5 nitrogen and oxygen atoms in total. The summed E-state index contributed by atoms with van der Waals surface area (Å²) < 4.78 is 11.0. The minimum atomic E-state index is -0.184. The molecule has 1 N–H and O–H groups in total. The van der Waals surface area contributed by atoms with Crippen molar-refractivity contribution in [3.05, 3.63) is 78.9 Å². The van der Waals surface area contributed by atoms with Crippen molar-refractivity contribution in [3.8, 4) is 16.9 Å². The molecule has 1 heterocycles. The lowest BCUT2D eigenvalue weighted by Crippen LogP contribution is -2.36. The van der Waals surface area contributed by atoms with E-state index in [1.165, 1.54) is 0 Å². The second kappa shape index (κ2) is 9.26. The van der Waals surface area contributed by atoms with Gasteiger partial charge in [-0.15, -0.1) is 0 Å². The first-order chi connectivity index (χ1) is 14.3. The summed E-state index contributed by atoms with van der Waals surface area (Å²) in [6.45, 7) is 3.15. The predicted molar refractivity (Wildman–Crippen MR) is 115 cm³/mol. The van der Waals surface area contributed by atoms with E-state index in [2.05, 4.69) is 22.3 Å². The van der Waals surface area contributed by atoms with Gasteiger partial charge in [0.2, 0.25) is 0 Å². The highest BCUT2D eigenvalue weighted by atomic mass is 16.5. The topological polar surface area (TPSA) is 50.8 Å². The SMILES string of the molecule is O=C(COc1ccc(-c2ccccc2)cc1)Nc1cccc(N2CCOCC2)c1. The zero-order valence-electron chi connectivity index (χ0n) is 16.2. The van der Waals surface area contributed by atoms with Gasteiger partial charge in [-0.05, 0) is 41.5 Å².